The van der Waals surface area contributed by atoms with Crippen LogP contribution in [0.3, 0.4) is 0 Å². The molecular formula is C18H29FN2. The highest BCUT2D eigenvalue weighted by atomic mass is 19.1. The number of benzene rings is 1. The summed E-state index contributed by atoms with van der Waals surface area (Å²) in [5.41, 5.74) is 1.90. The van der Waals surface area contributed by atoms with Crippen molar-refractivity contribution in [2.45, 2.75) is 40.7 Å². The minimum absolute atomic E-state index is 0.0863. The Morgan fingerprint density at radius 3 is 2.67 bits per heavy atom. The van der Waals surface area contributed by atoms with Gasteiger partial charge in [-0.15, -0.1) is 0 Å². The first-order chi connectivity index (χ1) is 9.99. The van der Waals surface area contributed by atoms with Crippen molar-refractivity contribution in [3.8, 4) is 0 Å². The van der Waals surface area contributed by atoms with E-state index >= 15 is 0 Å². The van der Waals surface area contributed by atoms with E-state index in [4.69, 9.17) is 0 Å². The van der Waals surface area contributed by atoms with Gasteiger partial charge in [-0.05, 0) is 42.9 Å². The third-order valence-electron chi connectivity index (χ3n) is 4.46. The normalized spacial score (nSPS) is 19.0. The molecule has 1 aliphatic heterocycles. The van der Waals surface area contributed by atoms with Crippen LogP contribution in [0.15, 0.2) is 18.2 Å². The van der Waals surface area contributed by atoms with Crippen molar-refractivity contribution in [3.05, 3.63) is 29.6 Å². The van der Waals surface area contributed by atoms with Gasteiger partial charge in [0.1, 0.15) is 5.82 Å². The molecule has 1 heterocycles. The first kappa shape index (κ1) is 16.3. The summed E-state index contributed by atoms with van der Waals surface area (Å²) < 4.78 is 14.2. The van der Waals surface area contributed by atoms with Gasteiger partial charge in [-0.2, -0.15) is 0 Å². The molecule has 1 aromatic rings. The lowest BCUT2D eigenvalue weighted by Gasteiger charge is -2.24. The van der Waals surface area contributed by atoms with Gasteiger partial charge in [0, 0.05) is 30.9 Å². The van der Waals surface area contributed by atoms with Crippen LogP contribution in [0.25, 0.3) is 0 Å². The summed E-state index contributed by atoms with van der Waals surface area (Å²) in [6.07, 6.45) is 1.22. The van der Waals surface area contributed by atoms with E-state index < -0.39 is 0 Å². The lowest BCUT2D eigenvalue weighted by atomic mass is 9.95. The van der Waals surface area contributed by atoms with Gasteiger partial charge >= 0.3 is 0 Å². The second-order valence-electron chi connectivity index (χ2n) is 7.00. The van der Waals surface area contributed by atoms with E-state index in [1.54, 1.807) is 6.07 Å². The van der Waals surface area contributed by atoms with Crippen LogP contribution in [0.2, 0.25) is 0 Å². The van der Waals surface area contributed by atoms with Crippen LogP contribution >= 0.6 is 0 Å². The van der Waals surface area contributed by atoms with Gasteiger partial charge in [-0.3, -0.25) is 0 Å². The number of nitrogens with zero attached hydrogens (tertiary/aromatic N) is 1. The molecule has 21 heavy (non-hydrogen) atoms. The average Bonchev–Trinajstić information content (AvgIpc) is 2.90. The largest absolute Gasteiger partial charge is 0.371 e. The van der Waals surface area contributed by atoms with E-state index in [1.165, 1.54) is 6.42 Å². The average molecular weight is 292 g/mol. The molecule has 0 aromatic heterocycles. The molecule has 118 valence electrons. The monoisotopic (exact) mass is 292 g/mol. The standard InChI is InChI=1S/C18H29FN2/c1-13(2)10-20-11-16-17(19)6-5-7-18(16)21-9-8-15(12-21)14(3)4/h5-7,13-15,20H,8-12H2,1-4H3. The number of anilines is 1. The second kappa shape index (κ2) is 7.26. The summed E-state index contributed by atoms with van der Waals surface area (Å²) in [7, 11) is 0. The Labute approximate surface area is 128 Å². The molecule has 3 heteroatoms. The Balaban J connectivity index is 2.10. The molecule has 1 unspecified atom stereocenters. The van der Waals surface area contributed by atoms with E-state index in [0.717, 1.165) is 36.8 Å². The molecule has 0 aliphatic carbocycles. The van der Waals surface area contributed by atoms with Crippen molar-refractivity contribution in [2.24, 2.45) is 17.8 Å². The summed E-state index contributed by atoms with van der Waals surface area (Å²) >= 11 is 0. The fourth-order valence-corrected chi connectivity index (χ4v) is 3.05. The van der Waals surface area contributed by atoms with Crippen LogP contribution < -0.4 is 10.2 Å². The maximum absolute atomic E-state index is 14.2. The Hall–Kier alpha value is -1.09. The second-order valence-corrected chi connectivity index (χ2v) is 7.00. The van der Waals surface area contributed by atoms with Crippen molar-refractivity contribution >= 4 is 5.69 Å². The van der Waals surface area contributed by atoms with Gasteiger partial charge in [0.2, 0.25) is 0 Å². The quantitative estimate of drug-likeness (QED) is 0.851. The fourth-order valence-electron chi connectivity index (χ4n) is 3.05. The molecule has 0 spiro atoms. The third-order valence-corrected chi connectivity index (χ3v) is 4.46. The van der Waals surface area contributed by atoms with Gasteiger partial charge in [-0.25, -0.2) is 4.39 Å². The highest BCUT2D eigenvalue weighted by Crippen LogP contribution is 2.31. The zero-order valence-electron chi connectivity index (χ0n) is 13.8. The molecule has 2 nitrogen and oxygen atoms in total. The molecule has 0 saturated carbocycles. The molecule has 1 N–H and O–H groups in total. The SMILES string of the molecule is CC(C)CNCc1c(F)cccc1N1CCC(C(C)C)C1. The Kier molecular flexibility index (Phi) is 5.63. The third kappa shape index (κ3) is 4.19. The van der Waals surface area contributed by atoms with Crippen molar-refractivity contribution in [3.63, 3.8) is 0 Å². The first-order valence-electron chi connectivity index (χ1n) is 8.22. The number of rotatable bonds is 6. The Morgan fingerprint density at radius 2 is 2.05 bits per heavy atom. The van der Waals surface area contributed by atoms with Crippen LogP contribution in [0.5, 0.6) is 0 Å². The fraction of sp³-hybridized carbons (Fsp3) is 0.667. The minimum atomic E-state index is -0.0863. The van der Waals surface area contributed by atoms with Crippen LogP contribution in [0.1, 0.15) is 39.7 Å². The molecule has 2 rings (SSSR count). The van der Waals surface area contributed by atoms with Crippen molar-refractivity contribution < 1.29 is 4.39 Å². The molecule has 1 fully saturated rings. The maximum atomic E-state index is 14.2. The molecule has 0 bridgehead atoms. The number of hydrogen-bond donors (Lipinski definition) is 1. The topological polar surface area (TPSA) is 15.3 Å². The van der Waals surface area contributed by atoms with Gasteiger partial charge < -0.3 is 10.2 Å². The summed E-state index contributed by atoms with van der Waals surface area (Å²) in [4.78, 5) is 2.36. The van der Waals surface area contributed by atoms with Gasteiger partial charge in [0.15, 0.2) is 0 Å². The van der Waals surface area contributed by atoms with Crippen molar-refractivity contribution in [1.29, 1.82) is 0 Å². The molecular weight excluding hydrogens is 263 g/mol. The Bertz CT molecular complexity index is 457. The zero-order chi connectivity index (χ0) is 15.4. The Morgan fingerprint density at radius 1 is 1.29 bits per heavy atom. The van der Waals surface area contributed by atoms with Crippen LogP contribution in [-0.2, 0) is 6.54 Å². The summed E-state index contributed by atoms with van der Waals surface area (Å²) in [6.45, 7) is 12.5. The predicted molar refractivity (Wildman–Crippen MR) is 88.1 cm³/mol. The number of hydrogen-bond acceptors (Lipinski definition) is 2. The van der Waals surface area contributed by atoms with Gasteiger partial charge in [-0.1, -0.05) is 33.8 Å². The molecule has 1 saturated heterocycles. The predicted octanol–water partition coefficient (Wildman–Crippen LogP) is 4.05. The zero-order valence-corrected chi connectivity index (χ0v) is 13.8. The summed E-state index contributed by atoms with van der Waals surface area (Å²) in [5.74, 6) is 1.92. The summed E-state index contributed by atoms with van der Waals surface area (Å²) in [5, 5.41) is 3.37. The smallest absolute Gasteiger partial charge is 0.129 e. The molecule has 1 aromatic carbocycles. The molecule has 0 amide bonds. The highest BCUT2D eigenvalue weighted by Gasteiger charge is 2.26. The molecule has 0 radical (unpaired) electrons. The van der Waals surface area contributed by atoms with Crippen LogP contribution in [-0.4, -0.2) is 19.6 Å². The van der Waals surface area contributed by atoms with Crippen molar-refractivity contribution in [2.75, 3.05) is 24.5 Å². The van der Waals surface area contributed by atoms with E-state index in [0.29, 0.717) is 18.4 Å². The molecule has 1 atom stereocenters. The van der Waals surface area contributed by atoms with E-state index in [-0.39, 0.29) is 5.82 Å². The number of nitrogens with one attached hydrogen (secondary N) is 1. The van der Waals surface area contributed by atoms with Crippen LogP contribution in [0, 0.1) is 23.6 Å². The van der Waals surface area contributed by atoms with E-state index in [2.05, 4.69) is 44.0 Å². The summed E-state index contributed by atoms with van der Waals surface area (Å²) in [6, 6.07) is 5.48. The molecule has 1 aliphatic rings. The lowest BCUT2D eigenvalue weighted by Crippen LogP contribution is -2.25. The van der Waals surface area contributed by atoms with Crippen LogP contribution in [0.4, 0.5) is 10.1 Å². The van der Waals surface area contributed by atoms with Gasteiger partial charge in [0.05, 0.1) is 0 Å². The number of halogens is 1. The first-order valence-corrected chi connectivity index (χ1v) is 8.22. The maximum Gasteiger partial charge on any atom is 0.129 e. The van der Waals surface area contributed by atoms with E-state index in [1.807, 2.05) is 6.07 Å². The lowest BCUT2D eigenvalue weighted by molar-refractivity contribution is 0.422. The van der Waals surface area contributed by atoms with Gasteiger partial charge in [0.25, 0.3) is 0 Å². The highest BCUT2D eigenvalue weighted by molar-refractivity contribution is 5.55. The van der Waals surface area contributed by atoms with Crippen molar-refractivity contribution in [1.82, 2.24) is 5.32 Å². The van der Waals surface area contributed by atoms with E-state index in [9.17, 15) is 4.39 Å². The minimum Gasteiger partial charge on any atom is -0.371 e.